The van der Waals surface area contributed by atoms with Gasteiger partial charge in [-0.05, 0) is 31.5 Å². The van der Waals surface area contributed by atoms with Crippen molar-refractivity contribution in [3.05, 3.63) is 35.0 Å². The predicted octanol–water partition coefficient (Wildman–Crippen LogP) is 1.94. The number of likely N-dealkylation sites (N-methyl/N-ethyl adjacent to an activating group) is 1. The van der Waals surface area contributed by atoms with Crippen molar-refractivity contribution < 1.29 is 28.5 Å². The lowest BCUT2D eigenvalue weighted by Crippen LogP contribution is -2.51. The molecule has 170 valence electrons. The van der Waals surface area contributed by atoms with Crippen molar-refractivity contribution in [1.82, 2.24) is 15.1 Å². The summed E-state index contributed by atoms with van der Waals surface area (Å²) in [5.41, 5.74) is 1.76. The van der Waals surface area contributed by atoms with Gasteiger partial charge in [-0.3, -0.25) is 9.80 Å². The van der Waals surface area contributed by atoms with Crippen LogP contribution in [0.15, 0.2) is 29.5 Å². The minimum atomic E-state index is -0.686. The summed E-state index contributed by atoms with van der Waals surface area (Å²) in [5, 5.41) is 2.97. The summed E-state index contributed by atoms with van der Waals surface area (Å²) in [6.07, 6.45) is 0. The smallest absolute Gasteiger partial charge is 0.338 e. The molecule has 0 aromatic heterocycles. The van der Waals surface area contributed by atoms with E-state index >= 15 is 0 Å². The average molecular weight is 434 g/mol. The van der Waals surface area contributed by atoms with Gasteiger partial charge in [0, 0.05) is 37.9 Å². The molecule has 9 nitrogen and oxygen atoms in total. The molecular formula is C22H31N3O6. The minimum absolute atomic E-state index is 0.237. The third-order valence-electron chi connectivity index (χ3n) is 5.43. The number of carbonyl (C=O) groups is 2. The van der Waals surface area contributed by atoms with Crippen molar-refractivity contribution in [3.63, 3.8) is 0 Å². The van der Waals surface area contributed by atoms with Gasteiger partial charge in [0.05, 0.1) is 45.7 Å². The number of amides is 2. The van der Waals surface area contributed by atoms with Gasteiger partial charge in [-0.1, -0.05) is 0 Å². The lowest BCUT2D eigenvalue weighted by atomic mass is 9.93. The fraction of sp³-hybridized carbons (Fsp3) is 0.545. The molecule has 1 saturated heterocycles. The Morgan fingerprint density at radius 2 is 1.77 bits per heavy atom. The maximum Gasteiger partial charge on any atom is 0.338 e. The Bertz CT molecular complexity index is 812. The Morgan fingerprint density at radius 1 is 1.13 bits per heavy atom. The van der Waals surface area contributed by atoms with E-state index in [1.165, 1.54) is 0 Å². The number of morpholine rings is 1. The molecule has 0 aliphatic carbocycles. The first-order valence-electron chi connectivity index (χ1n) is 10.5. The molecule has 1 aromatic carbocycles. The number of benzene rings is 1. The van der Waals surface area contributed by atoms with E-state index in [1.807, 2.05) is 6.92 Å². The summed E-state index contributed by atoms with van der Waals surface area (Å²) in [6, 6.07) is 4.39. The van der Waals surface area contributed by atoms with E-state index in [4.69, 9.17) is 18.9 Å². The quantitative estimate of drug-likeness (QED) is 0.627. The third kappa shape index (κ3) is 5.11. The van der Waals surface area contributed by atoms with Crippen LogP contribution in [0, 0.1) is 0 Å². The van der Waals surface area contributed by atoms with Crippen molar-refractivity contribution >= 4 is 12.0 Å². The molecule has 2 aliphatic rings. The molecule has 2 amide bonds. The molecule has 1 aromatic rings. The standard InChI is InChI=1S/C22H31N3O6/c1-5-25-18(14-24-7-9-30-10-8-24)19(21(26)31-6-2)20(23-22(25)27)15-11-16(28-3)13-17(12-15)29-4/h11-13,20H,5-10,14H2,1-4H3,(H,23,27)/t20-/m0/s1. The van der Waals surface area contributed by atoms with Gasteiger partial charge >= 0.3 is 12.0 Å². The summed E-state index contributed by atoms with van der Waals surface area (Å²) in [6.45, 7) is 7.49. The van der Waals surface area contributed by atoms with Crippen molar-refractivity contribution in [2.75, 3.05) is 60.2 Å². The van der Waals surface area contributed by atoms with E-state index in [0.29, 0.717) is 54.6 Å². The molecule has 0 bridgehead atoms. The highest BCUT2D eigenvalue weighted by molar-refractivity contribution is 5.95. The van der Waals surface area contributed by atoms with Crippen LogP contribution in [-0.4, -0.2) is 82.0 Å². The normalized spacial score (nSPS) is 19.8. The van der Waals surface area contributed by atoms with E-state index in [2.05, 4.69) is 10.2 Å². The van der Waals surface area contributed by atoms with Crippen LogP contribution in [0.2, 0.25) is 0 Å². The summed E-state index contributed by atoms with van der Waals surface area (Å²) >= 11 is 0. The van der Waals surface area contributed by atoms with Gasteiger partial charge in [-0.25, -0.2) is 9.59 Å². The number of ether oxygens (including phenoxy) is 4. The molecule has 0 radical (unpaired) electrons. The van der Waals surface area contributed by atoms with Gasteiger partial charge in [0.15, 0.2) is 0 Å². The van der Waals surface area contributed by atoms with Gasteiger partial charge in [0.25, 0.3) is 0 Å². The Kier molecular flexibility index (Phi) is 7.75. The Hall–Kier alpha value is -2.78. The molecule has 2 heterocycles. The van der Waals surface area contributed by atoms with Crippen LogP contribution in [0.5, 0.6) is 11.5 Å². The highest BCUT2D eigenvalue weighted by Gasteiger charge is 2.38. The topological polar surface area (TPSA) is 89.6 Å². The molecule has 2 aliphatic heterocycles. The molecule has 0 spiro atoms. The lowest BCUT2D eigenvalue weighted by molar-refractivity contribution is -0.139. The van der Waals surface area contributed by atoms with Crippen LogP contribution in [0.3, 0.4) is 0 Å². The highest BCUT2D eigenvalue weighted by Crippen LogP contribution is 2.35. The Balaban J connectivity index is 2.12. The average Bonchev–Trinajstić information content (AvgIpc) is 2.79. The fourth-order valence-electron chi connectivity index (χ4n) is 3.87. The first-order chi connectivity index (χ1) is 15.0. The van der Waals surface area contributed by atoms with Crippen molar-refractivity contribution in [1.29, 1.82) is 0 Å². The van der Waals surface area contributed by atoms with E-state index in [-0.39, 0.29) is 12.6 Å². The van der Waals surface area contributed by atoms with Crippen molar-refractivity contribution in [3.8, 4) is 11.5 Å². The van der Waals surface area contributed by atoms with E-state index in [0.717, 1.165) is 13.1 Å². The van der Waals surface area contributed by atoms with Crippen LogP contribution in [0.1, 0.15) is 25.5 Å². The largest absolute Gasteiger partial charge is 0.497 e. The molecule has 1 atom stereocenters. The number of hydrogen-bond donors (Lipinski definition) is 1. The maximum atomic E-state index is 13.1. The molecule has 9 heteroatoms. The van der Waals surface area contributed by atoms with Crippen molar-refractivity contribution in [2.24, 2.45) is 0 Å². The van der Waals surface area contributed by atoms with E-state index in [9.17, 15) is 9.59 Å². The first-order valence-corrected chi connectivity index (χ1v) is 10.5. The molecule has 0 unspecified atom stereocenters. The van der Waals surface area contributed by atoms with E-state index in [1.54, 1.807) is 44.2 Å². The van der Waals surface area contributed by atoms with Crippen LogP contribution in [0.25, 0.3) is 0 Å². The van der Waals surface area contributed by atoms with Gasteiger partial charge in [-0.15, -0.1) is 0 Å². The van der Waals surface area contributed by atoms with Crippen molar-refractivity contribution in [2.45, 2.75) is 19.9 Å². The molecule has 3 rings (SSSR count). The van der Waals surface area contributed by atoms with Gasteiger partial charge in [0.2, 0.25) is 0 Å². The van der Waals surface area contributed by atoms with Crippen LogP contribution < -0.4 is 14.8 Å². The number of carbonyl (C=O) groups excluding carboxylic acids is 2. The second-order valence-corrected chi connectivity index (χ2v) is 7.24. The first kappa shape index (κ1) is 22.9. The zero-order valence-corrected chi connectivity index (χ0v) is 18.6. The van der Waals surface area contributed by atoms with Crippen LogP contribution in [-0.2, 0) is 14.3 Å². The molecular weight excluding hydrogens is 402 g/mol. The predicted molar refractivity (Wildman–Crippen MR) is 114 cm³/mol. The van der Waals surface area contributed by atoms with Crippen LogP contribution >= 0.6 is 0 Å². The van der Waals surface area contributed by atoms with Crippen LogP contribution in [0.4, 0.5) is 4.79 Å². The molecule has 1 fully saturated rings. The lowest BCUT2D eigenvalue weighted by Gasteiger charge is -2.39. The number of methoxy groups -OCH3 is 2. The zero-order valence-electron chi connectivity index (χ0n) is 18.6. The summed E-state index contributed by atoms with van der Waals surface area (Å²) < 4.78 is 21.6. The fourth-order valence-corrected chi connectivity index (χ4v) is 3.87. The number of nitrogens with one attached hydrogen (secondary N) is 1. The number of esters is 1. The highest BCUT2D eigenvalue weighted by atomic mass is 16.5. The van der Waals surface area contributed by atoms with E-state index < -0.39 is 12.0 Å². The maximum absolute atomic E-state index is 13.1. The summed E-state index contributed by atoms with van der Waals surface area (Å²) in [5.74, 6) is 0.690. The molecule has 31 heavy (non-hydrogen) atoms. The number of rotatable bonds is 8. The van der Waals surface area contributed by atoms with Gasteiger partial charge in [-0.2, -0.15) is 0 Å². The van der Waals surface area contributed by atoms with Gasteiger partial charge in [0.1, 0.15) is 11.5 Å². The monoisotopic (exact) mass is 433 g/mol. The zero-order chi connectivity index (χ0) is 22.4. The molecule has 1 N–H and O–H groups in total. The Labute approximate surface area is 182 Å². The number of urea groups is 1. The number of nitrogens with zero attached hydrogens (tertiary/aromatic N) is 2. The van der Waals surface area contributed by atoms with Gasteiger partial charge < -0.3 is 24.3 Å². The second-order valence-electron chi connectivity index (χ2n) is 7.24. The SMILES string of the molecule is CCOC(=O)C1=C(CN2CCOCC2)N(CC)C(=O)N[C@H]1c1cc(OC)cc(OC)c1. The minimum Gasteiger partial charge on any atom is -0.497 e. The third-order valence-corrected chi connectivity index (χ3v) is 5.43. The summed E-state index contributed by atoms with van der Waals surface area (Å²) in [4.78, 5) is 30.0. The number of hydrogen-bond acceptors (Lipinski definition) is 7. The molecule has 0 saturated carbocycles. The second kappa shape index (κ2) is 10.5. The Morgan fingerprint density at radius 3 is 2.32 bits per heavy atom. The summed E-state index contributed by atoms with van der Waals surface area (Å²) in [7, 11) is 3.12.